The molecule has 2 saturated heterocycles. The van der Waals surface area contributed by atoms with Gasteiger partial charge in [0, 0.05) is 13.1 Å². The molecule has 2 aliphatic rings. The molecule has 2 rings (SSSR count). The van der Waals surface area contributed by atoms with Crippen LogP contribution in [0, 0.1) is 17.8 Å². The highest BCUT2D eigenvalue weighted by molar-refractivity contribution is 4.76. The van der Waals surface area contributed by atoms with Crippen molar-refractivity contribution in [2.75, 3.05) is 39.3 Å². The van der Waals surface area contributed by atoms with E-state index in [2.05, 4.69) is 30.6 Å². The largest absolute Gasteiger partial charge is 0.302 e. The molecule has 0 radical (unpaired) electrons. The highest BCUT2D eigenvalue weighted by Crippen LogP contribution is 2.24. The van der Waals surface area contributed by atoms with Crippen LogP contribution in [-0.4, -0.2) is 49.1 Å². The maximum absolute atomic E-state index is 2.70. The van der Waals surface area contributed by atoms with E-state index >= 15 is 0 Å². The van der Waals surface area contributed by atoms with Crippen molar-refractivity contribution in [2.24, 2.45) is 17.8 Å². The Morgan fingerprint density at radius 2 is 1.24 bits per heavy atom. The first-order valence-corrected chi connectivity index (χ1v) is 9.63. The summed E-state index contributed by atoms with van der Waals surface area (Å²) in [6.07, 6.45) is 7.11. The Morgan fingerprint density at radius 1 is 0.810 bits per heavy atom. The lowest BCUT2D eigenvalue weighted by Gasteiger charge is -2.36. The Hall–Kier alpha value is -0.0800. The van der Waals surface area contributed by atoms with E-state index < -0.39 is 0 Å². The molecule has 0 aromatic carbocycles. The maximum atomic E-state index is 2.70. The molecule has 0 spiro atoms. The van der Waals surface area contributed by atoms with Crippen LogP contribution in [0.4, 0.5) is 0 Å². The van der Waals surface area contributed by atoms with Gasteiger partial charge in [-0.3, -0.25) is 0 Å². The third kappa shape index (κ3) is 6.69. The van der Waals surface area contributed by atoms with Crippen molar-refractivity contribution < 1.29 is 0 Å². The van der Waals surface area contributed by atoms with Gasteiger partial charge in [-0.1, -0.05) is 41.0 Å². The first kappa shape index (κ1) is 19.0. The first-order valence-electron chi connectivity index (χ1n) is 9.63. The number of hydrogen-bond donors (Lipinski definition) is 0. The molecule has 0 aliphatic carbocycles. The molecule has 2 aliphatic heterocycles. The summed E-state index contributed by atoms with van der Waals surface area (Å²) in [4.78, 5) is 5.39. The summed E-state index contributed by atoms with van der Waals surface area (Å²) in [5.74, 6) is 2.88. The molecule has 126 valence electrons. The zero-order chi connectivity index (χ0) is 15.7. The molecular formula is C19H40N2. The molecule has 2 heteroatoms. The molecule has 0 atom stereocenters. The minimum Gasteiger partial charge on any atom is -0.302 e. The molecular weight excluding hydrogens is 256 g/mol. The van der Waals surface area contributed by atoms with Gasteiger partial charge in [0.25, 0.3) is 0 Å². The average molecular weight is 297 g/mol. The van der Waals surface area contributed by atoms with E-state index in [0.29, 0.717) is 0 Å². The van der Waals surface area contributed by atoms with E-state index in [4.69, 9.17) is 0 Å². The summed E-state index contributed by atoms with van der Waals surface area (Å²) < 4.78 is 0. The van der Waals surface area contributed by atoms with Crippen molar-refractivity contribution >= 4 is 0 Å². The Kier molecular flexibility index (Phi) is 9.59. The number of likely N-dealkylation sites (tertiary alicyclic amines) is 2. The van der Waals surface area contributed by atoms with Crippen LogP contribution < -0.4 is 0 Å². The topological polar surface area (TPSA) is 6.48 Å². The summed E-state index contributed by atoms with van der Waals surface area (Å²) in [6.45, 7) is 19.1. The molecule has 2 fully saturated rings. The fourth-order valence-electron chi connectivity index (χ4n) is 3.74. The van der Waals surface area contributed by atoms with Crippen LogP contribution in [0.1, 0.15) is 66.7 Å². The molecule has 0 aromatic rings. The van der Waals surface area contributed by atoms with Crippen LogP contribution in [-0.2, 0) is 0 Å². The van der Waals surface area contributed by atoms with Crippen molar-refractivity contribution in [1.29, 1.82) is 0 Å². The van der Waals surface area contributed by atoms with Crippen LogP contribution in [0.3, 0.4) is 0 Å². The minimum absolute atomic E-state index is 0.884. The van der Waals surface area contributed by atoms with Crippen molar-refractivity contribution in [3.63, 3.8) is 0 Å². The summed E-state index contributed by atoms with van der Waals surface area (Å²) in [5, 5.41) is 0. The van der Waals surface area contributed by atoms with Crippen molar-refractivity contribution in [2.45, 2.75) is 66.7 Å². The Labute approximate surface area is 134 Å². The third-order valence-corrected chi connectivity index (χ3v) is 5.59. The van der Waals surface area contributed by atoms with Gasteiger partial charge in [0.1, 0.15) is 0 Å². The predicted octanol–water partition coefficient (Wildman–Crippen LogP) is 4.50. The second-order valence-corrected chi connectivity index (χ2v) is 7.12. The molecule has 0 bridgehead atoms. The van der Waals surface area contributed by atoms with Gasteiger partial charge in [0.2, 0.25) is 0 Å². The third-order valence-electron chi connectivity index (χ3n) is 5.59. The molecule has 21 heavy (non-hydrogen) atoms. The number of rotatable bonds is 5. The van der Waals surface area contributed by atoms with Gasteiger partial charge in [-0.15, -0.1) is 0 Å². The molecule has 0 N–H and O–H groups in total. The molecule has 0 aromatic heterocycles. The highest BCUT2D eigenvalue weighted by Gasteiger charge is 2.22. The van der Waals surface area contributed by atoms with E-state index in [0.717, 1.165) is 17.8 Å². The van der Waals surface area contributed by atoms with Gasteiger partial charge in [-0.25, -0.2) is 0 Å². The summed E-state index contributed by atoms with van der Waals surface area (Å²) in [5.41, 5.74) is 0. The van der Waals surface area contributed by atoms with Crippen LogP contribution in [0.5, 0.6) is 0 Å². The Morgan fingerprint density at radius 3 is 1.62 bits per heavy atom. The number of hydrogen-bond acceptors (Lipinski definition) is 2. The van der Waals surface area contributed by atoms with Gasteiger partial charge in [-0.05, 0) is 69.6 Å². The molecule has 2 heterocycles. The fraction of sp³-hybridized carbons (Fsp3) is 1.00. The fourth-order valence-corrected chi connectivity index (χ4v) is 3.74. The molecule has 0 amide bonds. The summed E-state index contributed by atoms with van der Waals surface area (Å²) in [7, 11) is 0. The van der Waals surface area contributed by atoms with Crippen molar-refractivity contribution in [1.82, 2.24) is 9.80 Å². The zero-order valence-electron chi connectivity index (χ0n) is 15.4. The lowest BCUT2D eigenvalue weighted by Crippen LogP contribution is -2.42. The molecule has 2 nitrogen and oxygen atoms in total. The summed E-state index contributed by atoms with van der Waals surface area (Å²) >= 11 is 0. The van der Waals surface area contributed by atoms with E-state index in [9.17, 15) is 0 Å². The van der Waals surface area contributed by atoms with Gasteiger partial charge >= 0.3 is 0 Å². The minimum atomic E-state index is 0.884. The van der Waals surface area contributed by atoms with Gasteiger partial charge in [-0.2, -0.15) is 0 Å². The second-order valence-electron chi connectivity index (χ2n) is 7.12. The Balaban J connectivity index is 0.00000106. The zero-order valence-corrected chi connectivity index (χ0v) is 15.4. The van der Waals surface area contributed by atoms with E-state index in [1.54, 1.807) is 0 Å². The smallest absolute Gasteiger partial charge is 0.0109 e. The maximum Gasteiger partial charge on any atom is 0.0109 e. The number of piperidine rings is 2. The summed E-state index contributed by atoms with van der Waals surface area (Å²) in [6, 6.07) is 0. The molecule has 0 saturated carbocycles. The lowest BCUT2D eigenvalue weighted by molar-refractivity contribution is 0.121. The highest BCUT2D eigenvalue weighted by atomic mass is 15.2. The normalized spacial score (nSPS) is 23.1. The van der Waals surface area contributed by atoms with E-state index in [-0.39, 0.29) is 0 Å². The van der Waals surface area contributed by atoms with E-state index in [1.165, 1.54) is 71.4 Å². The van der Waals surface area contributed by atoms with Crippen molar-refractivity contribution in [3.8, 4) is 0 Å². The van der Waals surface area contributed by atoms with Crippen LogP contribution in [0.25, 0.3) is 0 Å². The van der Waals surface area contributed by atoms with Crippen molar-refractivity contribution in [3.05, 3.63) is 0 Å². The standard InChI is InChI=1S/C17H34N2.C2H6/c1-4-16-5-9-18(10-6-16)13-14-19-11-7-17(8-12-19)15(2)3;1-2/h15-17H,4-14H2,1-3H3;1-2H3. The molecule has 0 unspecified atom stereocenters. The van der Waals surface area contributed by atoms with Crippen LogP contribution in [0.2, 0.25) is 0 Å². The predicted molar refractivity (Wildman–Crippen MR) is 94.8 cm³/mol. The lowest BCUT2D eigenvalue weighted by atomic mass is 9.87. The van der Waals surface area contributed by atoms with Gasteiger partial charge in [0.15, 0.2) is 0 Å². The van der Waals surface area contributed by atoms with Crippen LogP contribution in [0.15, 0.2) is 0 Å². The number of nitrogens with zero attached hydrogens (tertiary/aromatic N) is 2. The Bertz CT molecular complexity index is 236. The first-order chi connectivity index (χ1) is 10.2. The monoisotopic (exact) mass is 296 g/mol. The SMILES string of the molecule is CC.CCC1CCN(CCN2CCC(C(C)C)CC2)CC1. The average Bonchev–Trinajstić information content (AvgIpc) is 2.55. The quantitative estimate of drug-likeness (QED) is 0.737. The van der Waals surface area contributed by atoms with E-state index in [1.807, 2.05) is 13.8 Å². The second kappa shape index (κ2) is 10.6. The van der Waals surface area contributed by atoms with Gasteiger partial charge in [0.05, 0.1) is 0 Å². The van der Waals surface area contributed by atoms with Crippen LogP contribution >= 0.6 is 0 Å². The van der Waals surface area contributed by atoms with Gasteiger partial charge < -0.3 is 9.80 Å².